The first-order valence-corrected chi connectivity index (χ1v) is 2.93. The summed E-state index contributed by atoms with van der Waals surface area (Å²) in [4.78, 5) is 0. The molecule has 0 saturated carbocycles. The summed E-state index contributed by atoms with van der Waals surface area (Å²) in [5.41, 5.74) is 0.762. The molecule has 0 aliphatic rings. The number of aryl methyl sites for hydroxylation is 1. The third kappa shape index (κ3) is 1.19. The third-order valence-electron chi connectivity index (χ3n) is 1.20. The van der Waals surface area contributed by atoms with E-state index in [1.54, 1.807) is 12.1 Å². The van der Waals surface area contributed by atoms with Gasteiger partial charge >= 0.3 is 0 Å². The fourth-order valence-electron chi connectivity index (χ4n) is 0.682. The van der Waals surface area contributed by atoms with Crippen LogP contribution in [0.4, 0.5) is 0 Å². The Morgan fingerprint density at radius 2 is 2.56 bits per heavy atom. The quantitative estimate of drug-likeness (QED) is 0.397. The second-order valence-corrected chi connectivity index (χ2v) is 1.79. The van der Waals surface area contributed by atoms with Crippen molar-refractivity contribution in [1.82, 2.24) is 0 Å². The number of nitrogens with zero attached hydrogens (tertiary/aromatic N) is 1. The molecule has 0 spiro atoms. The smallest absolute Gasteiger partial charge is 0.290 e. The van der Waals surface area contributed by atoms with E-state index in [1.165, 1.54) is 0 Å². The van der Waals surface area contributed by atoms with E-state index in [4.69, 9.17) is 0 Å². The van der Waals surface area contributed by atoms with Crippen molar-refractivity contribution in [2.45, 2.75) is 13.3 Å². The number of hydrogen-bond acceptors (Lipinski definition) is 1. The number of aromatic nitrogens is 1. The second kappa shape index (κ2) is 2.49. The van der Waals surface area contributed by atoms with Crippen LogP contribution in [0.3, 0.4) is 0 Å². The van der Waals surface area contributed by atoms with E-state index in [-0.39, 0.29) is 0 Å². The first kappa shape index (κ1) is 6.08. The van der Waals surface area contributed by atoms with Crippen LogP contribution < -0.4 is 4.73 Å². The molecule has 1 heterocycles. The molecule has 0 amide bonds. The first-order valence-electron chi connectivity index (χ1n) is 2.93. The molecule has 9 heavy (non-hydrogen) atoms. The van der Waals surface area contributed by atoms with Gasteiger partial charge in [0.15, 0.2) is 5.69 Å². The van der Waals surface area contributed by atoms with Gasteiger partial charge in [-0.1, -0.05) is 6.92 Å². The molecule has 2 nitrogen and oxygen atoms in total. The Balaban J connectivity index is 3.01. The molecular formula is C7H8NO. The minimum atomic E-state index is 0.762. The Bertz CT molecular complexity index is 198. The fraction of sp³-hybridized carbons (Fsp3) is 0.286. The lowest BCUT2D eigenvalue weighted by Gasteiger charge is -1.97. The van der Waals surface area contributed by atoms with Gasteiger partial charge in [-0.15, -0.1) is 0 Å². The summed E-state index contributed by atoms with van der Waals surface area (Å²) in [6, 6.07) is 5.21. The van der Waals surface area contributed by atoms with Gasteiger partial charge in [0.1, 0.15) is 0 Å². The highest BCUT2D eigenvalue weighted by Gasteiger charge is 1.97. The summed E-state index contributed by atoms with van der Waals surface area (Å²) >= 11 is 0. The molecule has 0 aliphatic carbocycles. The van der Waals surface area contributed by atoms with Crippen molar-refractivity contribution in [3.63, 3.8) is 0 Å². The average Bonchev–Trinajstić information content (AvgIpc) is 1.89. The third-order valence-corrected chi connectivity index (χ3v) is 1.20. The van der Waals surface area contributed by atoms with Gasteiger partial charge in [-0.3, -0.25) is 0 Å². The fourth-order valence-corrected chi connectivity index (χ4v) is 0.682. The second-order valence-electron chi connectivity index (χ2n) is 1.79. The van der Waals surface area contributed by atoms with Crippen LogP contribution in [0.25, 0.3) is 0 Å². The Hall–Kier alpha value is -1.05. The van der Waals surface area contributed by atoms with Crippen LogP contribution in [0.15, 0.2) is 18.2 Å². The van der Waals surface area contributed by atoms with Crippen LogP contribution in [0, 0.1) is 11.4 Å². The molecule has 0 aliphatic heterocycles. The van der Waals surface area contributed by atoms with Crippen molar-refractivity contribution in [2.75, 3.05) is 0 Å². The van der Waals surface area contributed by atoms with Gasteiger partial charge < -0.3 is 5.21 Å². The van der Waals surface area contributed by atoms with Crippen LogP contribution in [-0.2, 0) is 6.42 Å². The molecule has 1 radical (unpaired) electrons. The predicted octanol–water partition coefficient (Wildman–Crippen LogP) is 0.683. The van der Waals surface area contributed by atoms with E-state index in [1.807, 2.05) is 13.0 Å². The van der Waals surface area contributed by atoms with E-state index in [0.717, 1.165) is 16.8 Å². The van der Waals surface area contributed by atoms with E-state index >= 15 is 0 Å². The van der Waals surface area contributed by atoms with Gasteiger partial charge in [0.2, 0.25) is 0 Å². The molecule has 0 unspecified atom stereocenters. The Kier molecular flexibility index (Phi) is 1.68. The molecule has 0 N–H and O–H groups in total. The molecule has 0 aromatic carbocycles. The summed E-state index contributed by atoms with van der Waals surface area (Å²) in [6.07, 6.45) is 3.28. The van der Waals surface area contributed by atoms with Crippen LogP contribution >= 0.6 is 0 Å². The van der Waals surface area contributed by atoms with E-state index in [0.29, 0.717) is 0 Å². The molecule has 0 bridgehead atoms. The Labute approximate surface area is 54.3 Å². The molecule has 0 atom stereocenters. The van der Waals surface area contributed by atoms with Crippen molar-refractivity contribution < 1.29 is 4.73 Å². The number of pyridine rings is 1. The number of rotatable bonds is 1. The summed E-state index contributed by atoms with van der Waals surface area (Å²) in [5, 5.41) is 10.7. The lowest BCUT2D eigenvalue weighted by Crippen LogP contribution is -2.30. The summed E-state index contributed by atoms with van der Waals surface area (Å²) < 4.78 is 0.764. The highest BCUT2D eigenvalue weighted by atomic mass is 16.5. The van der Waals surface area contributed by atoms with Crippen LogP contribution in [0.5, 0.6) is 0 Å². The van der Waals surface area contributed by atoms with E-state index in [2.05, 4.69) is 6.20 Å². The Morgan fingerprint density at radius 3 is 3.00 bits per heavy atom. The van der Waals surface area contributed by atoms with Gasteiger partial charge in [-0.2, -0.15) is 4.73 Å². The highest BCUT2D eigenvalue weighted by Crippen LogP contribution is 1.88. The maximum absolute atomic E-state index is 10.7. The molecular weight excluding hydrogens is 114 g/mol. The number of hydrogen-bond donors (Lipinski definition) is 0. The molecule has 47 valence electrons. The van der Waals surface area contributed by atoms with Gasteiger partial charge in [0, 0.05) is 18.6 Å². The van der Waals surface area contributed by atoms with Crippen molar-refractivity contribution in [2.24, 2.45) is 0 Å². The average molecular weight is 122 g/mol. The van der Waals surface area contributed by atoms with Crippen LogP contribution in [0.2, 0.25) is 0 Å². The van der Waals surface area contributed by atoms with Gasteiger partial charge in [-0.25, -0.2) is 0 Å². The lowest BCUT2D eigenvalue weighted by molar-refractivity contribution is -0.618. The lowest BCUT2D eigenvalue weighted by atomic mass is 10.3. The summed E-state index contributed by atoms with van der Waals surface area (Å²) in [7, 11) is 0. The van der Waals surface area contributed by atoms with Crippen LogP contribution in [0.1, 0.15) is 12.6 Å². The van der Waals surface area contributed by atoms with Crippen molar-refractivity contribution in [3.8, 4) is 0 Å². The van der Waals surface area contributed by atoms with Crippen molar-refractivity contribution in [3.05, 3.63) is 35.3 Å². The maximum atomic E-state index is 10.7. The zero-order valence-corrected chi connectivity index (χ0v) is 5.29. The SMILES string of the molecule is CCc1ccc[c][n+]1[O-]. The maximum Gasteiger partial charge on any atom is 0.290 e. The zero-order valence-electron chi connectivity index (χ0n) is 5.29. The molecule has 1 aromatic heterocycles. The Morgan fingerprint density at radius 1 is 1.78 bits per heavy atom. The summed E-state index contributed by atoms with van der Waals surface area (Å²) in [6.45, 7) is 1.94. The topological polar surface area (TPSA) is 26.9 Å². The van der Waals surface area contributed by atoms with Crippen molar-refractivity contribution >= 4 is 0 Å². The standard InChI is InChI=1S/C7H8NO/c1-2-7-5-3-4-6-8(7)9/h3-5H,2H2,1H3. The zero-order chi connectivity index (χ0) is 6.69. The van der Waals surface area contributed by atoms with Gasteiger partial charge in [-0.05, 0) is 6.07 Å². The van der Waals surface area contributed by atoms with Gasteiger partial charge in [0.25, 0.3) is 6.20 Å². The van der Waals surface area contributed by atoms with Crippen LogP contribution in [-0.4, -0.2) is 0 Å². The molecule has 2 heteroatoms. The summed E-state index contributed by atoms with van der Waals surface area (Å²) in [5.74, 6) is 0. The predicted molar refractivity (Wildman–Crippen MR) is 33.6 cm³/mol. The normalized spacial score (nSPS) is 9.44. The highest BCUT2D eigenvalue weighted by molar-refractivity contribution is 4.95. The minimum absolute atomic E-state index is 0.762. The van der Waals surface area contributed by atoms with E-state index < -0.39 is 0 Å². The van der Waals surface area contributed by atoms with Gasteiger partial charge in [0.05, 0.1) is 0 Å². The largest absolute Gasteiger partial charge is 0.618 e. The van der Waals surface area contributed by atoms with Crippen molar-refractivity contribution in [1.29, 1.82) is 0 Å². The monoisotopic (exact) mass is 122 g/mol. The molecule has 0 saturated heterocycles. The van der Waals surface area contributed by atoms with E-state index in [9.17, 15) is 5.21 Å². The minimum Gasteiger partial charge on any atom is -0.618 e. The molecule has 1 rings (SSSR count). The molecule has 0 fully saturated rings. The first-order chi connectivity index (χ1) is 4.34. The molecule has 1 aromatic rings.